The largest absolute Gasteiger partial charge is 0.468 e. The van der Waals surface area contributed by atoms with Gasteiger partial charge in [0.05, 0.1) is 19.8 Å². The standard InChI is InChI=1S/C19H19Cl2NO3/c1-24-19(23)18(15-4-2-3-5-16(15)21)22-10-11-25-17(12-22)13-6-8-14(20)9-7-13/h2-9,17-18H,10-12H2,1H3/t17-,18+/m1/s1. The zero-order valence-electron chi connectivity index (χ0n) is 13.8. The lowest BCUT2D eigenvalue weighted by atomic mass is 10.0. The number of carbonyl (C=O) groups excluding carboxylic acids is 1. The molecule has 1 saturated heterocycles. The van der Waals surface area contributed by atoms with Crippen LogP contribution in [-0.4, -0.2) is 37.7 Å². The van der Waals surface area contributed by atoms with Gasteiger partial charge in [-0.05, 0) is 29.3 Å². The molecule has 1 heterocycles. The van der Waals surface area contributed by atoms with Gasteiger partial charge in [0, 0.05) is 23.1 Å². The summed E-state index contributed by atoms with van der Waals surface area (Å²) in [5.41, 5.74) is 1.77. The summed E-state index contributed by atoms with van der Waals surface area (Å²) in [6.45, 7) is 1.70. The smallest absolute Gasteiger partial charge is 0.327 e. The van der Waals surface area contributed by atoms with Gasteiger partial charge in [0.2, 0.25) is 0 Å². The second-order valence-electron chi connectivity index (χ2n) is 5.85. The van der Waals surface area contributed by atoms with Gasteiger partial charge in [0.1, 0.15) is 6.04 Å². The number of hydrogen-bond acceptors (Lipinski definition) is 4. The first-order chi connectivity index (χ1) is 12.1. The molecule has 6 heteroatoms. The fraction of sp³-hybridized carbons (Fsp3) is 0.316. The zero-order chi connectivity index (χ0) is 17.8. The number of carbonyl (C=O) groups is 1. The Bertz CT molecular complexity index is 736. The molecular formula is C19H19Cl2NO3. The molecule has 0 aliphatic carbocycles. The van der Waals surface area contributed by atoms with Crippen LogP contribution < -0.4 is 0 Å². The minimum absolute atomic E-state index is 0.138. The van der Waals surface area contributed by atoms with Crippen molar-refractivity contribution >= 4 is 29.2 Å². The van der Waals surface area contributed by atoms with Crippen molar-refractivity contribution in [2.24, 2.45) is 0 Å². The lowest BCUT2D eigenvalue weighted by Crippen LogP contribution is -2.43. The van der Waals surface area contributed by atoms with E-state index in [1.54, 1.807) is 6.07 Å². The van der Waals surface area contributed by atoms with E-state index in [2.05, 4.69) is 4.90 Å². The third kappa shape index (κ3) is 4.15. The summed E-state index contributed by atoms with van der Waals surface area (Å²) in [6.07, 6.45) is -0.138. The average molecular weight is 380 g/mol. The van der Waals surface area contributed by atoms with Crippen LogP contribution in [0.4, 0.5) is 0 Å². The molecule has 0 N–H and O–H groups in total. The molecular weight excluding hydrogens is 361 g/mol. The van der Waals surface area contributed by atoms with Crippen LogP contribution in [0.5, 0.6) is 0 Å². The number of methoxy groups -OCH3 is 1. The van der Waals surface area contributed by atoms with Crippen molar-refractivity contribution in [1.29, 1.82) is 0 Å². The molecule has 4 nitrogen and oxygen atoms in total. The number of ether oxygens (including phenoxy) is 2. The predicted molar refractivity (Wildman–Crippen MR) is 97.9 cm³/mol. The normalized spacial score (nSPS) is 19.4. The Hall–Kier alpha value is -1.59. The van der Waals surface area contributed by atoms with Gasteiger partial charge in [-0.2, -0.15) is 0 Å². The van der Waals surface area contributed by atoms with E-state index in [9.17, 15) is 4.79 Å². The van der Waals surface area contributed by atoms with Crippen molar-refractivity contribution < 1.29 is 14.3 Å². The number of esters is 1. The van der Waals surface area contributed by atoms with E-state index in [0.29, 0.717) is 29.7 Å². The Kier molecular flexibility index (Phi) is 5.97. The van der Waals surface area contributed by atoms with E-state index < -0.39 is 6.04 Å². The molecule has 3 rings (SSSR count). The molecule has 2 aromatic carbocycles. The Balaban J connectivity index is 1.87. The molecule has 0 saturated carbocycles. The van der Waals surface area contributed by atoms with Crippen molar-refractivity contribution in [3.63, 3.8) is 0 Å². The number of morpholine rings is 1. The topological polar surface area (TPSA) is 38.8 Å². The lowest BCUT2D eigenvalue weighted by Gasteiger charge is -2.37. The molecule has 1 aliphatic rings. The molecule has 0 amide bonds. The van der Waals surface area contributed by atoms with E-state index in [4.69, 9.17) is 32.7 Å². The summed E-state index contributed by atoms with van der Waals surface area (Å²) in [4.78, 5) is 14.5. The third-order valence-corrected chi connectivity index (χ3v) is 4.93. The maximum atomic E-state index is 12.5. The van der Waals surface area contributed by atoms with Gasteiger partial charge in [-0.15, -0.1) is 0 Å². The summed E-state index contributed by atoms with van der Waals surface area (Å²) in [5, 5.41) is 1.23. The minimum atomic E-state index is -0.558. The summed E-state index contributed by atoms with van der Waals surface area (Å²) in [6, 6.07) is 14.4. The first-order valence-corrected chi connectivity index (χ1v) is 8.79. The Morgan fingerprint density at radius 3 is 2.60 bits per heavy atom. The molecule has 1 fully saturated rings. The van der Waals surface area contributed by atoms with Crippen molar-refractivity contribution in [1.82, 2.24) is 4.90 Å². The van der Waals surface area contributed by atoms with Gasteiger partial charge in [-0.3, -0.25) is 4.90 Å². The highest BCUT2D eigenvalue weighted by molar-refractivity contribution is 6.31. The predicted octanol–water partition coefficient (Wildman–Crippen LogP) is 4.28. The SMILES string of the molecule is COC(=O)[C@H](c1ccccc1Cl)N1CCO[C@@H](c2ccc(Cl)cc2)C1. The Labute approximate surface area is 157 Å². The van der Waals surface area contributed by atoms with Crippen molar-refractivity contribution in [3.8, 4) is 0 Å². The minimum Gasteiger partial charge on any atom is -0.468 e. The highest BCUT2D eigenvalue weighted by atomic mass is 35.5. The molecule has 1 aliphatic heterocycles. The second-order valence-corrected chi connectivity index (χ2v) is 6.70. The molecule has 0 bridgehead atoms. The van der Waals surface area contributed by atoms with Crippen LogP contribution in [0, 0.1) is 0 Å². The van der Waals surface area contributed by atoms with Gasteiger partial charge in [-0.1, -0.05) is 53.5 Å². The number of benzene rings is 2. The number of rotatable bonds is 4. The first kappa shape index (κ1) is 18.2. The monoisotopic (exact) mass is 379 g/mol. The fourth-order valence-electron chi connectivity index (χ4n) is 3.06. The maximum Gasteiger partial charge on any atom is 0.327 e. The molecule has 132 valence electrons. The summed E-state index contributed by atoms with van der Waals surface area (Å²) in [7, 11) is 1.39. The summed E-state index contributed by atoms with van der Waals surface area (Å²) < 4.78 is 10.9. The molecule has 0 radical (unpaired) electrons. The highest BCUT2D eigenvalue weighted by Crippen LogP contribution is 2.33. The van der Waals surface area contributed by atoms with E-state index in [1.807, 2.05) is 42.5 Å². The second kappa shape index (κ2) is 8.19. The van der Waals surface area contributed by atoms with E-state index in [0.717, 1.165) is 11.1 Å². The van der Waals surface area contributed by atoms with Gasteiger partial charge >= 0.3 is 5.97 Å². The molecule has 2 aromatic rings. The number of halogens is 2. The molecule has 0 aromatic heterocycles. The molecule has 25 heavy (non-hydrogen) atoms. The lowest BCUT2D eigenvalue weighted by molar-refractivity contribution is -0.150. The zero-order valence-corrected chi connectivity index (χ0v) is 15.3. The van der Waals surface area contributed by atoms with Crippen LogP contribution in [0.3, 0.4) is 0 Å². The molecule has 2 atom stereocenters. The third-order valence-electron chi connectivity index (χ3n) is 4.33. The van der Waals surface area contributed by atoms with E-state index in [-0.39, 0.29) is 12.1 Å². The van der Waals surface area contributed by atoms with Crippen LogP contribution >= 0.6 is 23.2 Å². The first-order valence-electron chi connectivity index (χ1n) is 8.03. The number of nitrogens with zero attached hydrogens (tertiary/aromatic N) is 1. The summed E-state index contributed by atoms with van der Waals surface area (Å²) in [5.74, 6) is -0.329. The highest BCUT2D eigenvalue weighted by Gasteiger charge is 2.34. The van der Waals surface area contributed by atoms with Crippen LogP contribution in [0.25, 0.3) is 0 Å². The van der Waals surface area contributed by atoms with Crippen LogP contribution in [0.2, 0.25) is 10.0 Å². The van der Waals surface area contributed by atoms with E-state index >= 15 is 0 Å². The quantitative estimate of drug-likeness (QED) is 0.743. The maximum absolute atomic E-state index is 12.5. The molecule has 0 spiro atoms. The van der Waals surface area contributed by atoms with Gasteiger partial charge in [0.25, 0.3) is 0 Å². The van der Waals surface area contributed by atoms with Crippen molar-refractivity contribution in [2.45, 2.75) is 12.1 Å². The van der Waals surface area contributed by atoms with Crippen LogP contribution in [0.1, 0.15) is 23.3 Å². The van der Waals surface area contributed by atoms with Crippen molar-refractivity contribution in [2.75, 3.05) is 26.8 Å². The molecule has 0 unspecified atom stereocenters. The summed E-state index contributed by atoms with van der Waals surface area (Å²) >= 11 is 12.3. The number of hydrogen-bond donors (Lipinski definition) is 0. The fourth-order valence-corrected chi connectivity index (χ4v) is 3.43. The van der Waals surface area contributed by atoms with Gasteiger partial charge in [-0.25, -0.2) is 4.79 Å². The van der Waals surface area contributed by atoms with Gasteiger partial charge < -0.3 is 9.47 Å². The Morgan fingerprint density at radius 2 is 1.92 bits per heavy atom. The van der Waals surface area contributed by atoms with Crippen LogP contribution in [-0.2, 0) is 14.3 Å². The van der Waals surface area contributed by atoms with Crippen molar-refractivity contribution in [3.05, 3.63) is 69.7 Å². The average Bonchev–Trinajstić information content (AvgIpc) is 2.64. The van der Waals surface area contributed by atoms with E-state index in [1.165, 1.54) is 7.11 Å². The Morgan fingerprint density at radius 1 is 1.20 bits per heavy atom. The van der Waals surface area contributed by atoms with Crippen LogP contribution in [0.15, 0.2) is 48.5 Å². The van der Waals surface area contributed by atoms with Gasteiger partial charge in [0.15, 0.2) is 0 Å².